The average molecular weight is 279 g/mol. The normalized spacial score (nSPS) is 20.5. The monoisotopic (exact) mass is 278 g/mol. The molecule has 0 bridgehead atoms. The van der Waals surface area contributed by atoms with E-state index in [-0.39, 0.29) is 5.02 Å². The summed E-state index contributed by atoms with van der Waals surface area (Å²) in [5.74, 6) is 0. The maximum absolute atomic E-state index is 12.7. The van der Waals surface area contributed by atoms with Gasteiger partial charge in [-0.15, -0.1) is 0 Å². The summed E-state index contributed by atoms with van der Waals surface area (Å²) in [5.41, 5.74) is -0.162. The van der Waals surface area contributed by atoms with Gasteiger partial charge >= 0.3 is 6.18 Å². The van der Waals surface area contributed by atoms with Gasteiger partial charge in [-0.25, -0.2) is 0 Å². The summed E-state index contributed by atoms with van der Waals surface area (Å²) in [6, 6.07) is 4.01. The summed E-state index contributed by atoms with van der Waals surface area (Å²) in [6.45, 7) is 1.44. The van der Waals surface area contributed by atoms with E-state index in [0.29, 0.717) is 18.3 Å². The first-order valence-electron chi connectivity index (χ1n) is 5.70. The number of halogens is 4. The maximum atomic E-state index is 12.7. The van der Waals surface area contributed by atoms with E-state index >= 15 is 0 Å². The molecule has 18 heavy (non-hydrogen) atoms. The zero-order valence-electron chi connectivity index (χ0n) is 9.89. The number of alkyl halides is 3. The van der Waals surface area contributed by atoms with Gasteiger partial charge in [0.25, 0.3) is 0 Å². The number of nitrogens with zero attached hydrogens (tertiary/aromatic N) is 1. The van der Waals surface area contributed by atoms with Gasteiger partial charge in [0.1, 0.15) is 0 Å². The summed E-state index contributed by atoms with van der Waals surface area (Å²) in [4.78, 5) is 1.92. The molecule has 2 rings (SSSR count). The van der Waals surface area contributed by atoms with E-state index in [0.717, 1.165) is 25.1 Å². The second-order valence-electron chi connectivity index (χ2n) is 4.42. The third kappa shape index (κ3) is 2.90. The Bertz CT molecular complexity index is 434. The van der Waals surface area contributed by atoms with Crippen LogP contribution in [-0.2, 0) is 6.18 Å². The predicted octanol–water partition coefficient (Wildman–Crippen LogP) is 3.16. The molecule has 6 heteroatoms. The predicted molar refractivity (Wildman–Crippen MR) is 66.1 cm³/mol. The van der Waals surface area contributed by atoms with E-state index in [1.807, 2.05) is 11.9 Å². The molecule has 100 valence electrons. The first kappa shape index (κ1) is 13.5. The number of nitrogens with one attached hydrogen (secondary N) is 1. The molecular formula is C12H14ClF3N2. The molecule has 1 atom stereocenters. The van der Waals surface area contributed by atoms with Crippen molar-refractivity contribution in [2.45, 2.75) is 18.6 Å². The minimum absolute atomic E-state index is 0.118. The Labute approximate surface area is 109 Å². The van der Waals surface area contributed by atoms with Crippen molar-refractivity contribution in [3.8, 4) is 0 Å². The van der Waals surface area contributed by atoms with Crippen LogP contribution in [0.25, 0.3) is 0 Å². The molecule has 1 aromatic rings. The van der Waals surface area contributed by atoms with Crippen LogP contribution in [-0.4, -0.2) is 26.2 Å². The third-order valence-corrected chi connectivity index (χ3v) is 3.39. The van der Waals surface area contributed by atoms with Crippen LogP contribution in [0.2, 0.25) is 5.02 Å². The third-order valence-electron chi connectivity index (χ3n) is 3.17. The number of benzene rings is 1. The van der Waals surface area contributed by atoms with Gasteiger partial charge in [0, 0.05) is 29.8 Å². The van der Waals surface area contributed by atoms with Gasteiger partial charge in [-0.3, -0.25) is 0 Å². The van der Waals surface area contributed by atoms with E-state index in [4.69, 9.17) is 11.6 Å². The molecule has 1 aliphatic heterocycles. The first-order valence-corrected chi connectivity index (χ1v) is 6.08. The van der Waals surface area contributed by atoms with Crippen LogP contribution < -0.4 is 10.2 Å². The minimum Gasteiger partial charge on any atom is -0.370 e. The molecule has 1 heterocycles. The molecule has 1 aliphatic rings. The van der Waals surface area contributed by atoms with Crippen molar-refractivity contribution >= 4 is 17.3 Å². The van der Waals surface area contributed by atoms with E-state index in [1.54, 1.807) is 6.07 Å². The zero-order valence-corrected chi connectivity index (χ0v) is 10.6. The SMILES string of the molecule is CNC1CCN(c2cc(Cl)cc(C(F)(F)F)c2)C1. The highest BCUT2D eigenvalue weighted by molar-refractivity contribution is 6.30. The second kappa shape index (κ2) is 4.97. The standard InChI is InChI=1S/C12H14ClF3N2/c1-17-10-2-3-18(7-10)11-5-8(12(14,15)16)4-9(13)6-11/h4-6,10,17H,2-3,7H2,1H3. The summed E-state index contributed by atoms with van der Waals surface area (Å²) in [5, 5.41) is 3.24. The van der Waals surface area contributed by atoms with Gasteiger partial charge < -0.3 is 10.2 Å². The molecule has 0 amide bonds. The number of rotatable bonds is 2. The Morgan fingerprint density at radius 3 is 2.61 bits per heavy atom. The molecule has 1 fully saturated rings. The molecule has 0 aromatic heterocycles. The van der Waals surface area contributed by atoms with Gasteiger partial charge in [-0.1, -0.05) is 11.6 Å². The van der Waals surface area contributed by atoms with Crippen LogP contribution >= 0.6 is 11.6 Å². The van der Waals surface area contributed by atoms with Crippen molar-refractivity contribution in [3.63, 3.8) is 0 Å². The fourth-order valence-electron chi connectivity index (χ4n) is 2.15. The van der Waals surface area contributed by atoms with Crippen molar-refractivity contribution < 1.29 is 13.2 Å². The van der Waals surface area contributed by atoms with Gasteiger partial charge in [0.2, 0.25) is 0 Å². The minimum atomic E-state index is -4.36. The van der Waals surface area contributed by atoms with Crippen LogP contribution in [0.4, 0.5) is 18.9 Å². The van der Waals surface area contributed by atoms with Crippen molar-refractivity contribution in [1.29, 1.82) is 0 Å². The van der Waals surface area contributed by atoms with Crippen molar-refractivity contribution in [1.82, 2.24) is 5.32 Å². The molecule has 2 nitrogen and oxygen atoms in total. The molecule has 1 unspecified atom stereocenters. The smallest absolute Gasteiger partial charge is 0.370 e. The first-order chi connectivity index (χ1) is 8.40. The molecule has 1 aromatic carbocycles. The Morgan fingerprint density at radius 1 is 1.33 bits per heavy atom. The van der Waals surface area contributed by atoms with Crippen molar-refractivity contribution in [2.75, 3.05) is 25.0 Å². The van der Waals surface area contributed by atoms with Crippen LogP contribution in [0.15, 0.2) is 18.2 Å². The lowest BCUT2D eigenvalue weighted by Crippen LogP contribution is -2.29. The summed E-state index contributed by atoms with van der Waals surface area (Å²) < 4.78 is 38.1. The van der Waals surface area contributed by atoms with Crippen molar-refractivity contribution in [3.05, 3.63) is 28.8 Å². The summed E-state index contributed by atoms with van der Waals surface area (Å²) in [6.07, 6.45) is -3.44. The molecule has 0 saturated carbocycles. The van der Waals surface area contributed by atoms with E-state index in [9.17, 15) is 13.2 Å². The van der Waals surface area contributed by atoms with Crippen LogP contribution in [0.1, 0.15) is 12.0 Å². The number of anilines is 1. The van der Waals surface area contributed by atoms with Gasteiger partial charge in [0.15, 0.2) is 0 Å². The molecule has 0 aliphatic carbocycles. The Kier molecular flexibility index (Phi) is 3.73. The fourth-order valence-corrected chi connectivity index (χ4v) is 2.38. The average Bonchev–Trinajstić information content (AvgIpc) is 2.75. The van der Waals surface area contributed by atoms with Crippen LogP contribution in [0.5, 0.6) is 0 Å². The number of likely N-dealkylation sites (N-methyl/N-ethyl adjacent to an activating group) is 1. The zero-order chi connectivity index (χ0) is 13.3. The van der Waals surface area contributed by atoms with Crippen LogP contribution in [0.3, 0.4) is 0 Å². The highest BCUT2D eigenvalue weighted by atomic mass is 35.5. The second-order valence-corrected chi connectivity index (χ2v) is 4.85. The lowest BCUT2D eigenvalue weighted by molar-refractivity contribution is -0.137. The topological polar surface area (TPSA) is 15.3 Å². The van der Waals surface area contributed by atoms with Gasteiger partial charge in [-0.05, 0) is 31.7 Å². The lowest BCUT2D eigenvalue weighted by Gasteiger charge is -2.20. The Hall–Kier alpha value is -0.940. The highest BCUT2D eigenvalue weighted by Crippen LogP contribution is 2.35. The summed E-state index contributed by atoms with van der Waals surface area (Å²) in [7, 11) is 1.85. The molecule has 0 radical (unpaired) electrons. The van der Waals surface area contributed by atoms with E-state index in [2.05, 4.69) is 5.32 Å². The lowest BCUT2D eigenvalue weighted by atomic mass is 10.2. The molecule has 1 saturated heterocycles. The molecular weight excluding hydrogens is 265 g/mol. The van der Waals surface area contributed by atoms with E-state index < -0.39 is 11.7 Å². The quantitative estimate of drug-likeness (QED) is 0.894. The summed E-state index contributed by atoms with van der Waals surface area (Å²) >= 11 is 5.76. The van der Waals surface area contributed by atoms with Gasteiger partial charge in [0.05, 0.1) is 5.56 Å². The number of hydrogen-bond donors (Lipinski definition) is 1. The van der Waals surface area contributed by atoms with Crippen molar-refractivity contribution in [2.24, 2.45) is 0 Å². The number of hydrogen-bond acceptors (Lipinski definition) is 2. The largest absolute Gasteiger partial charge is 0.416 e. The fraction of sp³-hybridized carbons (Fsp3) is 0.500. The Morgan fingerprint density at radius 2 is 2.06 bits per heavy atom. The van der Waals surface area contributed by atoms with Crippen LogP contribution in [0, 0.1) is 0 Å². The Balaban J connectivity index is 2.26. The van der Waals surface area contributed by atoms with Gasteiger partial charge in [-0.2, -0.15) is 13.2 Å². The highest BCUT2D eigenvalue weighted by Gasteiger charge is 2.32. The maximum Gasteiger partial charge on any atom is 0.416 e. The molecule has 0 spiro atoms. The molecule has 1 N–H and O–H groups in total. The van der Waals surface area contributed by atoms with E-state index in [1.165, 1.54) is 0 Å².